The number of amides is 2. The number of thiophene rings is 1. The lowest BCUT2D eigenvalue weighted by molar-refractivity contribution is -0.136. The van der Waals surface area contributed by atoms with Crippen molar-refractivity contribution in [1.82, 2.24) is 5.32 Å². The summed E-state index contributed by atoms with van der Waals surface area (Å²) in [6, 6.07) is 8.20. The van der Waals surface area contributed by atoms with Crippen LogP contribution in [-0.2, 0) is 16.1 Å². The molecule has 0 aliphatic carbocycles. The van der Waals surface area contributed by atoms with Crippen molar-refractivity contribution in [2.45, 2.75) is 6.54 Å². The van der Waals surface area contributed by atoms with Gasteiger partial charge in [0, 0.05) is 11.6 Å². The van der Waals surface area contributed by atoms with Crippen LogP contribution in [-0.4, -0.2) is 11.8 Å². The molecule has 2 aromatic rings. The van der Waals surface area contributed by atoms with Gasteiger partial charge in [-0.05, 0) is 40.6 Å². The van der Waals surface area contributed by atoms with E-state index in [0.717, 1.165) is 5.56 Å². The summed E-state index contributed by atoms with van der Waals surface area (Å²) < 4.78 is 0. The number of nitrogens with one attached hydrogen (secondary N) is 2. The zero-order chi connectivity index (χ0) is 15.2. The number of hydrogen-bond acceptors (Lipinski definition) is 4. The molecule has 7 heteroatoms. The Hall–Kier alpha value is -2.36. The van der Waals surface area contributed by atoms with Gasteiger partial charge in [-0.1, -0.05) is 11.6 Å². The van der Waals surface area contributed by atoms with Crippen LogP contribution >= 0.6 is 22.9 Å². The topological polar surface area (TPSA) is 82.0 Å². The van der Waals surface area contributed by atoms with Gasteiger partial charge < -0.3 is 10.6 Å². The van der Waals surface area contributed by atoms with Gasteiger partial charge in [0.2, 0.25) is 0 Å². The number of carbonyl (C=O) groups is 2. The number of anilines is 1. The van der Waals surface area contributed by atoms with E-state index < -0.39 is 11.8 Å². The quantitative estimate of drug-likeness (QED) is 0.853. The van der Waals surface area contributed by atoms with Crippen molar-refractivity contribution in [2.75, 3.05) is 5.32 Å². The van der Waals surface area contributed by atoms with Crippen molar-refractivity contribution in [2.24, 2.45) is 0 Å². The first-order valence-corrected chi connectivity index (χ1v) is 7.22. The van der Waals surface area contributed by atoms with Crippen molar-refractivity contribution in [3.05, 3.63) is 51.2 Å². The molecule has 0 aliphatic rings. The van der Waals surface area contributed by atoms with E-state index in [0.29, 0.717) is 5.02 Å². The van der Waals surface area contributed by atoms with E-state index in [1.165, 1.54) is 29.5 Å². The Bertz CT molecular complexity index is 708. The fourth-order valence-corrected chi connectivity index (χ4v) is 2.39. The first-order valence-electron chi connectivity index (χ1n) is 5.90. The Morgan fingerprint density at radius 2 is 2.10 bits per heavy atom. The van der Waals surface area contributed by atoms with Crippen LogP contribution in [0.3, 0.4) is 0 Å². The zero-order valence-electron chi connectivity index (χ0n) is 10.7. The molecule has 1 heterocycles. The van der Waals surface area contributed by atoms with E-state index >= 15 is 0 Å². The summed E-state index contributed by atoms with van der Waals surface area (Å²) >= 11 is 7.31. The van der Waals surface area contributed by atoms with Crippen molar-refractivity contribution < 1.29 is 9.59 Å². The normalized spacial score (nSPS) is 9.71. The molecule has 2 amide bonds. The summed E-state index contributed by atoms with van der Waals surface area (Å²) in [5.74, 6) is -1.62. The minimum absolute atomic E-state index is 0.209. The molecule has 0 radical (unpaired) electrons. The van der Waals surface area contributed by atoms with Crippen LogP contribution in [0.5, 0.6) is 0 Å². The summed E-state index contributed by atoms with van der Waals surface area (Å²) in [5.41, 5.74) is 1.36. The highest BCUT2D eigenvalue weighted by molar-refractivity contribution is 7.07. The van der Waals surface area contributed by atoms with Crippen molar-refractivity contribution >= 4 is 40.4 Å². The highest BCUT2D eigenvalue weighted by Gasteiger charge is 2.15. The van der Waals surface area contributed by atoms with E-state index in [1.54, 1.807) is 0 Å². The molecule has 2 rings (SSSR count). The van der Waals surface area contributed by atoms with Crippen molar-refractivity contribution in [3.63, 3.8) is 0 Å². The zero-order valence-corrected chi connectivity index (χ0v) is 12.3. The van der Waals surface area contributed by atoms with Crippen LogP contribution in [0.4, 0.5) is 5.69 Å². The van der Waals surface area contributed by atoms with Gasteiger partial charge in [0.1, 0.15) is 6.07 Å². The highest BCUT2D eigenvalue weighted by Crippen LogP contribution is 2.20. The SMILES string of the molecule is N#Cc1ccc(Cl)cc1NC(=O)C(=O)NCc1ccsc1. The maximum absolute atomic E-state index is 11.8. The molecule has 0 atom stereocenters. The smallest absolute Gasteiger partial charge is 0.313 e. The predicted molar refractivity (Wildman–Crippen MR) is 81.0 cm³/mol. The molecule has 0 unspecified atom stereocenters. The monoisotopic (exact) mass is 319 g/mol. The second-order valence-corrected chi connectivity index (χ2v) is 5.29. The summed E-state index contributed by atoms with van der Waals surface area (Å²) in [6.07, 6.45) is 0. The summed E-state index contributed by atoms with van der Waals surface area (Å²) in [5, 5.41) is 17.9. The fourth-order valence-electron chi connectivity index (χ4n) is 1.55. The molecule has 0 saturated carbocycles. The third-order valence-corrected chi connectivity index (χ3v) is 3.56. The molecule has 1 aromatic heterocycles. The molecular formula is C14H10ClN3O2S. The van der Waals surface area contributed by atoms with E-state index in [2.05, 4.69) is 10.6 Å². The van der Waals surface area contributed by atoms with Gasteiger partial charge in [0.05, 0.1) is 11.3 Å². The lowest BCUT2D eigenvalue weighted by atomic mass is 10.2. The molecule has 106 valence electrons. The fraction of sp³-hybridized carbons (Fsp3) is 0.0714. The summed E-state index contributed by atoms with van der Waals surface area (Å²) in [7, 11) is 0. The molecule has 0 spiro atoms. The van der Waals surface area contributed by atoms with Gasteiger partial charge in [-0.3, -0.25) is 9.59 Å². The number of carbonyl (C=O) groups excluding carboxylic acids is 2. The minimum atomic E-state index is -0.844. The van der Waals surface area contributed by atoms with Crippen LogP contribution in [0.1, 0.15) is 11.1 Å². The first-order chi connectivity index (χ1) is 10.1. The molecule has 5 nitrogen and oxygen atoms in total. The number of nitriles is 1. The number of nitrogens with zero attached hydrogens (tertiary/aromatic N) is 1. The Balaban J connectivity index is 1.99. The van der Waals surface area contributed by atoms with E-state index in [4.69, 9.17) is 16.9 Å². The van der Waals surface area contributed by atoms with Crippen LogP contribution in [0.2, 0.25) is 5.02 Å². The number of benzene rings is 1. The Labute approximate surface area is 130 Å². The molecule has 1 aromatic carbocycles. The van der Waals surface area contributed by atoms with Crippen LogP contribution in [0.25, 0.3) is 0 Å². The molecule has 0 saturated heterocycles. The largest absolute Gasteiger partial charge is 0.344 e. The van der Waals surface area contributed by atoms with E-state index in [9.17, 15) is 9.59 Å². The Kier molecular flexibility index (Phi) is 4.93. The van der Waals surface area contributed by atoms with E-state index in [-0.39, 0.29) is 17.8 Å². The first kappa shape index (κ1) is 15.0. The molecule has 2 N–H and O–H groups in total. The molecular weight excluding hydrogens is 310 g/mol. The van der Waals surface area contributed by atoms with Gasteiger partial charge in [0.15, 0.2) is 0 Å². The van der Waals surface area contributed by atoms with Crippen LogP contribution in [0, 0.1) is 11.3 Å². The van der Waals surface area contributed by atoms with Crippen molar-refractivity contribution in [1.29, 1.82) is 5.26 Å². The number of hydrogen-bond donors (Lipinski definition) is 2. The Morgan fingerprint density at radius 3 is 2.76 bits per heavy atom. The average Bonchev–Trinajstić information content (AvgIpc) is 2.98. The maximum Gasteiger partial charge on any atom is 0.313 e. The van der Waals surface area contributed by atoms with Gasteiger partial charge >= 0.3 is 11.8 Å². The molecule has 0 aliphatic heterocycles. The minimum Gasteiger partial charge on any atom is -0.344 e. The average molecular weight is 320 g/mol. The third kappa shape index (κ3) is 4.05. The number of halogens is 1. The highest BCUT2D eigenvalue weighted by atomic mass is 35.5. The van der Waals surface area contributed by atoms with Gasteiger partial charge in [-0.2, -0.15) is 16.6 Å². The van der Waals surface area contributed by atoms with Gasteiger partial charge in [-0.25, -0.2) is 0 Å². The van der Waals surface area contributed by atoms with Crippen LogP contribution < -0.4 is 10.6 Å². The Morgan fingerprint density at radius 1 is 1.29 bits per heavy atom. The van der Waals surface area contributed by atoms with Crippen LogP contribution in [0.15, 0.2) is 35.0 Å². The van der Waals surface area contributed by atoms with Gasteiger partial charge in [-0.15, -0.1) is 0 Å². The second-order valence-electron chi connectivity index (χ2n) is 4.07. The second kappa shape index (κ2) is 6.88. The maximum atomic E-state index is 11.8. The predicted octanol–water partition coefficient (Wildman–Crippen LogP) is 2.53. The third-order valence-electron chi connectivity index (χ3n) is 2.59. The number of rotatable bonds is 3. The molecule has 0 bridgehead atoms. The lowest BCUT2D eigenvalue weighted by Gasteiger charge is -2.07. The summed E-state index contributed by atoms with van der Waals surface area (Å²) in [4.78, 5) is 23.5. The lowest BCUT2D eigenvalue weighted by Crippen LogP contribution is -2.35. The standard InChI is InChI=1S/C14H10ClN3O2S/c15-11-2-1-10(6-16)12(5-11)18-14(20)13(19)17-7-9-3-4-21-8-9/h1-5,8H,7H2,(H,17,19)(H,18,20). The van der Waals surface area contributed by atoms with Gasteiger partial charge in [0.25, 0.3) is 0 Å². The summed E-state index contributed by atoms with van der Waals surface area (Å²) in [6.45, 7) is 0.274. The van der Waals surface area contributed by atoms with Crippen molar-refractivity contribution in [3.8, 4) is 6.07 Å². The molecule has 21 heavy (non-hydrogen) atoms. The molecule has 0 fully saturated rings. The van der Waals surface area contributed by atoms with E-state index in [1.807, 2.05) is 22.9 Å².